The Morgan fingerprint density at radius 2 is 2.00 bits per heavy atom. The molecule has 0 bridgehead atoms. The number of amidine groups is 1. The molecule has 18 heavy (non-hydrogen) atoms. The fourth-order valence-corrected chi connectivity index (χ4v) is 2.51. The lowest BCUT2D eigenvalue weighted by atomic mass is 9.88. The maximum atomic E-state index is 6.14. The molecular formula is C15H22N2O. The van der Waals surface area contributed by atoms with Crippen molar-refractivity contribution in [1.29, 1.82) is 0 Å². The SMILES string of the molecule is COc1ccc(N=C(N)C2CCCCC2)c(C)c1. The summed E-state index contributed by atoms with van der Waals surface area (Å²) in [5.41, 5.74) is 8.20. The average Bonchev–Trinajstić information content (AvgIpc) is 2.42. The highest BCUT2D eigenvalue weighted by Gasteiger charge is 2.17. The van der Waals surface area contributed by atoms with Gasteiger partial charge >= 0.3 is 0 Å². The predicted octanol–water partition coefficient (Wildman–Crippen LogP) is 3.57. The maximum Gasteiger partial charge on any atom is 0.119 e. The van der Waals surface area contributed by atoms with Crippen molar-refractivity contribution in [3.05, 3.63) is 23.8 Å². The Bertz CT molecular complexity index is 434. The number of benzene rings is 1. The van der Waals surface area contributed by atoms with E-state index in [-0.39, 0.29) is 0 Å². The van der Waals surface area contributed by atoms with E-state index < -0.39 is 0 Å². The number of hydrogen-bond acceptors (Lipinski definition) is 2. The zero-order valence-electron chi connectivity index (χ0n) is 11.3. The predicted molar refractivity (Wildman–Crippen MR) is 75.6 cm³/mol. The van der Waals surface area contributed by atoms with Gasteiger partial charge < -0.3 is 10.5 Å². The van der Waals surface area contributed by atoms with Crippen molar-refractivity contribution in [3.63, 3.8) is 0 Å². The Morgan fingerprint density at radius 1 is 1.28 bits per heavy atom. The third kappa shape index (κ3) is 3.03. The first-order valence-corrected chi connectivity index (χ1v) is 6.69. The van der Waals surface area contributed by atoms with Crippen molar-refractivity contribution in [2.24, 2.45) is 16.6 Å². The summed E-state index contributed by atoms with van der Waals surface area (Å²) in [6, 6.07) is 5.90. The molecule has 98 valence electrons. The lowest BCUT2D eigenvalue weighted by molar-refractivity contribution is 0.414. The monoisotopic (exact) mass is 246 g/mol. The number of nitrogens with two attached hydrogens (primary N) is 1. The summed E-state index contributed by atoms with van der Waals surface area (Å²) in [6.45, 7) is 2.04. The lowest BCUT2D eigenvalue weighted by Crippen LogP contribution is -2.25. The second-order valence-electron chi connectivity index (χ2n) is 5.02. The van der Waals surface area contributed by atoms with Gasteiger partial charge in [0, 0.05) is 5.92 Å². The number of rotatable bonds is 3. The fourth-order valence-electron chi connectivity index (χ4n) is 2.51. The van der Waals surface area contributed by atoms with Gasteiger partial charge in [-0.05, 0) is 43.5 Å². The van der Waals surface area contributed by atoms with Crippen LogP contribution in [-0.4, -0.2) is 12.9 Å². The van der Waals surface area contributed by atoms with Crippen LogP contribution in [0.1, 0.15) is 37.7 Å². The molecule has 0 radical (unpaired) electrons. The molecule has 0 amide bonds. The van der Waals surface area contributed by atoms with Gasteiger partial charge in [-0.25, -0.2) is 4.99 Å². The van der Waals surface area contributed by atoms with E-state index in [0.717, 1.165) is 22.8 Å². The molecule has 0 aliphatic heterocycles. The van der Waals surface area contributed by atoms with Gasteiger partial charge in [0.25, 0.3) is 0 Å². The van der Waals surface area contributed by atoms with E-state index in [1.54, 1.807) is 7.11 Å². The molecule has 0 spiro atoms. The van der Waals surface area contributed by atoms with Crippen LogP contribution >= 0.6 is 0 Å². The van der Waals surface area contributed by atoms with E-state index >= 15 is 0 Å². The molecule has 2 N–H and O–H groups in total. The van der Waals surface area contributed by atoms with Gasteiger partial charge in [0.05, 0.1) is 12.8 Å². The Hall–Kier alpha value is -1.51. The molecular weight excluding hydrogens is 224 g/mol. The second kappa shape index (κ2) is 5.89. The van der Waals surface area contributed by atoms with Crippen LogP contribution in [0.25, 0.3) is 0 Å². The fraction of sp³-hybridized carbons (Fsp3) is 0.533. The van der Waals surface area contributed by atoms with E-state index in [1.165, 1.54) is 32.1 Å². The van der Waals surface area contributed by atoms with Crippen molar-refractivity contribution in [3.8, 4) is 5.75 Å². The standard InChI is InChI=1S/C15H22N2O/c1-11-10-13(18-2)8-9-14(11)17-15(16)12-6-4-3-5-7-12/h8-10,12H,3-7H2,1-2H3,(H2,16,17). The highest BCUT2D eigenvalue weighted by atomic mass is 16.5. The van der Waals surface area contributed by atoms with E-state index in [1.807, 2.05) is 25.1 Å². The quantitative estimate of drug-likeness (QED) is 0.654. The summed E-state index contributed by atoms with van der Waals surface area (Å²) in [6.07, 6.45) is 6.27. The molecule has 1 fully saturated rings. The zero-order chi connectivity index (χ0) is 13.0. The highest BCUT2D eigenvalue weighted by molar-refractivity contribution is 5.85. The number of nitrogens with zero attached hydrogens (tertiary/aromatic N) is 1. The minimum Gasteiger partial charge on any atom is -0.497 e. The van der Waals surface area contributed by atoms with Crippen molar-refractivity contribution in [2.45, 2.75) is 39.0 Å². The number of ether oxygens (including phenoxy) is 1. The Kier molecular flexibility index (Phi) is 4.24. The molecule has 1 aromatic carbocycles. The van der Waals surface area contributed by atoms with E-state index in [0.29, 0.717) is 5.92 Å². The summed E-state index contributed by atoms with van der Waals surface area (Å²) >= 11 is 0. The smallest absolute Gasteiger partial charge is 0.119 e. The molecule has 0 heterocycles. The first-order chi connectivity index (χ1) is 8.70. The van der Waals surface area contributed by atoms with Crippen LogP contribution in [0, 0.1) is 12.8 Å². The van der Waals surface area contributed by atoms with Crippen LogP contribution in [0.2, 0.25) is 0 Å². The van der Waals surface area contributed by atoms with Gasteiger partial charge in [0.15, 0.2) is 0 Å². The van der Waals surface area contributed by atoms with Crippen LogP contribution in [0.3, 0.4) is 0 Å². The average molecular weight is 246 g/mol. The van der Waals surface area contributed by atoms with Crippen molar-refractivity contribution < 1.29 is 4.74 Å². The van der Waals surface area contributed by atoms with Crippen molar-refractivity contribution in [2.75, 3.05) is 7.11 Å². The summed E-state index contributed by atoms with van der Waals surface area (Å²) in [5, 5.41) is 0. The van der Waals surface area contributed by atoms with Crippen molar-refractivity contribution in [1.82, 2.24) is 0 Å². The van der Waals surface area contributed by atoms with Gasteiger partial charge in [-0.3, -0.25) is 0 Å². The van der Waals surface area contributed by atoms with Gasteiger partial charge in [-0.2, -0.15) is 0 Å². The minimum absolute atomic E-state index is 0.472. The van der Waals surface area contributed by atoms with Gasteiger partial charge in [0.2, 0.25) is 0 Å². The number of aliphatic imine (C=N–C) groups is 1. The zero-order valence-corrected chi connectivity index (χ0v) is 11.3. The van der Waals surface area contributed by atoms with Crippen LogP contribution < -0.4 is 10.5 Å². The second-order valence-corrected chi connectivity index (χ2v) is 5.02. The van der Waals surface area contributed by atoms with Gasteiger partial charge in [-0.15, -0.1) is 0 Å². The summed E-state index contributed by atoms with van der Waals surface area (Å²) < 4.78 is 5.19. The highest BCUT2D eigenvalue weighted by Crippen LogP contribution is 2.27. The molecule has 1 aliphatic rings. The molecule has 1 aliphatic carbocycles. The first-order valence-electron chi connectivity index (χ1n) is 6.69. The van der Waals surface area contributed by atoms with Crippen LogP contribution in [-0.2, 0) is 0 Å². The number of methoxy groups -OCH3 is 1. The van der Waals surface area contributed by atoms with E-state index in [4.69, 9.17) is 10.5 Å². The van der Waals surface area contributed by atoms with Gasteiger partial charge in [-0.1, -0.05) is 19.3 Å². The molecule has 2 rings (SSSR count). The molecule has 0 atom stereocenters. The largest absolute Gasteiger partial charge is 0.497 e. The summed E-state index contributed by atoms with van der Waals surface area (Å²) in [5.74, 6) is 2.13. The van der Waals surface area contributed by atoms with Crippen LogP contribution in [0.5, 0.6) is 5.75 Å². The molecule has 1 saturated carbocycles. The molecule has 0 aromatic heterocycles. The topological polar surface area (TPSA) is 47.6 Å². The third-order valence-electron chi connectivity index (χ3n) is 3.68. The molecule has 0 unspecified atom stereocenters. The molecule has 3 nitrogen and oxygen atoms in total. The van der Waals surface area contributed by atoms with E-state index in [9.17, 15) is 0 Å². The molecule has 1 aromatic rings. The number of aryl methyl sites for hydroxylation is 1. The van der Waals surface area contributed by atoms with Crippen LogP contribution in [0.4, 0.5) is 5.69 Å². The van der Waals surface area contributed by atoms with Gasteiger partial charge in [0.1, 0.15) is 11.6 Å². The lowest BCUT2D eigenvalue weighted by Gasteiger charge is -2.21. The van der Waals surface area contributed by atoms with Crippen molar-refractivity contribution >= 4 is 11.5 Å². The van der Waals surface area contributed by atoms with E-state index in [2.05, 4.69) is 4.99 Å². The Balaban J connectivity index is 2.15. The van der Waals surface area contributed by atoms with Crippen LogP contribution in [0.15, 0.2) is 23.2 Å². The number of hydrogen-bond donors (Lipinski definition) is 1. The Morgan fingerprint density at radius 3 is 2.61 bits per heavy atom. The minimum atomic E-state index is 0.472. The molecule has 3 heteroatoms. The normalized spacial score (nSPS) is 17.8. The summed E-state index contributed by atoms with van der Waals surface area (Å²) in [4.78, 5) is 4.60. The molecule has 0 saturated heterocycles. The Labute approximate surface area is 109 Å². The third-order valence-corrected chi connectivity index (χ3v) is 3.68. The summed E-state index contributed by atoms with van der Waals surface area (Å²) in [7, 11) is 1.67. The maximum absolute atomic E-state index is 6.14. The first kappa shape index (κ1) is 12.9.